The fourth-order valence-electron chi connectivity index (χ4n) is 3.29. The van der Waals surface area contributed by atoms with E-state index in [0.29, 0.717) is 22.6 Å². The van der Waals surface area contributed by atoms with Crippen LogP contribution in [0.15, 0.2) is 23.1 Å². The second kappa shape index (κ2) is 7.38. The third-order valence-electron chi connectivity index (χ3n) is 4.84. The first-order chi connectivity index (χ1) is 14.5. The van der Waals surface area contributed by atoms with Gasteiger partial charge in [-0.1, -0.05) is 11.6 Å². The lowest BCUT2D eigenvalue weighted by molar-refractivity contribution is -0.137. The van der Waals surface area contributed by atoms with Crippen LogP contribution in [0.2, 0.25) is 5.02 Å². The molecule has 9 nitrogen and oxygen atoms in total. The van der Waals surface area contributed by atoms with Gasteiger partial charge in [-0.15, -0.1) is 10.2 Å². The van der Waals surface area contributed by atoms with Gasteiger partial charge in [0.2, 0.25) is 5.91 Å². The maximum atomic E-state index is 13.1. The van der Waals surface area contributed by atoms with Crippen LogP contribution in [0.4, 0.5) is 13.2 Å². The number of hydrogen-bond donors (Lipinski definition) is 2. The van der Waals surface area contributed by atoms with Crippen LogP contribution < -0.4 is 10.9 Å². The summed E-state index contributed by atoms with van der Waals surface area (Å²) in [4.78, 5) is 28.4. The van der Waals surface area contributed by atoms with E-state index in [-0.39, 0.29) is 35.0 Å². The van der Waals surface area contributed by atoms with Crippen molar-refractivity contribution in [3.8, 4) is 0 Å². The molecule has 0 aliphatic carbocycles. The number of nitrogens with zero attached hydrogens (tertiary/aromatic N) is 5. The number of carbonyl (C=O) groups excluding carboxylic acids is 1. The van der Waals surface area contributed by atoms with Crippen LogP contribution >= 0.6 is 11.6 Å². The number of H-pyrrole nitrogens is 1. The number of pyridine rings is 1. The summed E-state index contributed by atoms with van der Waals surface area (Å²) in [6, 6.07) is 2.12. The van der Waals surface area contributed by atoms with E-state index in [1.54, 1.807) is 13.8 Å². The minimum Gasteiger partial charge on any atom is -0.348 e. The molecule has 0 aromatic carbocycles. The van der Waals surface area contributed by atoms with Crippen molar-refractivity contribution in [1.29, 1.82) is 0 Å². The van der Waals surface area contributed by atoms with Crippen molar-refractivity contribution in [1.82, 2.24) is 34.5 Å². The summed E-state index contributed by atoms with van der Waals surface area (Å²) in [5, 5.41) is 12.6. The molecule has 0 bridgehead atoms. The quantitative estimate of drug-likeness (QED) is 0.492. The molecule has 162 valence electrons. The lowest BCUT2D eigenvalue weighted by Crippen LogP contribution is -2.27. The number of nitrogens with one attached hydrogen (secondary N) is 2. The third kappa shape index (κ3) is 3.85. The Balaban J connectivity index is 1.56. The van der Waals surface area contributed by atoms with Crippen molar-refractivity contribution in [3.05, 3.63) is 62.0 Å². The Labute approximate surface area is 176 Å². The average molecular weight is 454 g/mol. The highest BCUT2D eigenvalue weighted by atomic mass is 35.5. The lowest BCUT2D eigenvalue weighted by atomic mass is 10.1. The molecule has 0 spiro atoms. The molecule has 0 saturated carbocycles. The fourth-order valence-corrected chi connectivity index (χ4v) is 3.53. The summed E-state index contributed by atoms with van der Waals surface area (Å²) in [5.41, 5.74) is 1.07. The number of alkyl halides is 3. The van der Waals surface area contributed by atoms with Gasteiger partial charge in [-0.2, -0.15) is 13.2 Å². The first-order valence-corrected chi connectivity index (χ1v) is 9.37. The van der Waals surface area contributed by atoms with E-state index in [1.807, 2.05) is 0 Å². The molecule has 4 rings (SSSR count). The Bertz CT molecular complexity index is 1390. The maximum Gasteiger partial charge on any atom is 0.417 e. The number of halogens is 4. The lowest BCUT2D eigenvalue weighted by Gasteiger charge is -2.12. The molecule has 0 atom stereocenters. The van der Waals surface area contributed by atoms with Gasteiger partial charge in [0.1, 0.15) is 0 Å². The fraction of sp³-hybridized carbons (Fsp3) is 0.278. The molecule has 0 saturated heterocycles. The van der Waals surface area contributed by atoms with Crippen LogP contribution in [0.1, 0.15) is 28.3 Å². The number of fused-ring (bicyclic) bond motifs is 2. The molecule has 4 aromatic rings. The molecule has 0 aliphatic rings. The van der Waals surface area contributed by atoms with Gasteiger partial charge in [0.15, 0.2) is 17.1 Å². The molecule has 4 aromatic heterocycles. The summed E-state index contributed by atoms with van der Waals surface area (Å²) in [6.45, 7) is 3.30. The van der Waals surface area contributed by atoms with Crippen molar-refractivity contribution in [2.24, 2.45) is 0 Å². The van der Waals surface area contributed by atoms with Gasteiger partial charge in [0.25, 0.3) is 5.56 Å². The zero-order chi connectivity index (χ0) is 22.5. The van der Waals surface area contributed by atoms with Crippen LogP contribution in [0.3, 0.4) is 0 Å². The molecular formula is C18H15ClF3N7O2. The highest BCUT2D eigenvalue weighted by Gasteiger charge is 2.32. The van der Waals surface area contributed by atoms with Crippen molar-refractivity contribution in [2.45, 2.75) is 33.0 Å². The molecular weight excluding hydrogens is 439 g/mol. The minimum absolute atomic E-state index is 0.0495. The van der Waals surface area contributed by atoms with Crippen LogP contribution in [0, 0.1) is 13.8 Å². The standard InChI is InChI=1S/C18H15ClF3N7O2/c1-8-11(9(2)29-13(24-8)5-16(31)27-29)4-15(30)23-6-14-25-26-17-12(19)3-10(7-28(14)17)18(20,21)22/h3,5,7H,4,6H2,1-2H3,(H,23,30)(H,27,31). The Morgan fingerprint density at radius 1 is 1.26 bits per heavy atom. The number of aromatic nitrogens is 6. The Hall–Kier alpha value is -3.41. The smallest absolute Gasteiger partial charge is 0.348 e. The van der Waals surface area contributed by atoms with Crippen molar-refractivity contribution >= 4 is 28.8 Å². The van der Waals surface area contributed by atoms with Crippen LogP contribution in [-0.2, 0) is 23.9 Å². The van der Waals surface area contributed by atoms with Crippen molar-refractivity contribution in [3.63, 3.8) is 0 Å². The summed E-state index contributed by atoms with van der Waals surface area (Å²) >= 11 is 5.89. The summed E-state index contributed by atoms with van der Waals surface area (Å²) in [6.07, 6.45) is -3.81. The zero-order valence-corrected chi connectivity index (χ0v) is 17.0. The number of rotatable bonds is 4. The molecule has 13 heteroatoms. The molecule has 1 amide bonds. The van der Waals surface area contributed by atoms with E-state index in [0.717, 1.165) is 16.7 Å². The predicted molar refractivity (Wildman–Crippen MR) is 104 cm³/mol. The normalized spacial score (nSPS) is 12.1. The second-order valence-electron chi connectivity index (χ2n) is 6.91. The first kappa shape index (κ1) is 20.8. The van der Waals surface area contributed by atoms with E-state index in [2.05, 4.69) is 25.6 Å². The molecule has 0 fully saturated rings. The first-order valence-electron chi connectivity index (χ1n) is 8.99. The van der Waals surface area contributed by atoms with Gasteiger partial charge < -0.3 is 5.32 Å². The van der Waals surface area contributed by atoms with Crippen molar-refractivity contribution < 1.29 is 18.0 Å². The largest absolute Gasteiger partial charge is 0.417 e. The second-order valence-corrected chi connectivity index (χ2v) is 7.32. The van der Waals surface area contributed by atoms with Gasteiger partial charge in [-0.3, -0.25) is 19.1 Å². The molecule has 0 unspecified atom stereocenters. The van der Waals surface area contributed by atoms with Gasteiger partial charge in [0, 0.05) is 29.2 Å². The highest BCUT2D eigenvalue weighted by molar-refractivity contribution is 6.33. The van der Waals surface area contributed by atoms with E-state index in [9.17, 15) is 22.8 Å². The highest BCUT2D eigenvalue weighted by Crippen LogP contribution is 2.32. The van der Waals surface area contributed by atoms with E-state index < -0.39 is 17.6 Å². The average Bonchev–Trinajstić information content (AvgIpc) is 3.26. The third-order valence-corrected chi connectivity index (χ3v) is 5.12. The van der Waals surface area contributed by atoms with E-state index in [4.69, 9.17) is 11.6 Å². The van der Waals surface area contributed by atoms with Crippen LogP contribution in [0.25, 0.3) is 11.3 Å². The summed E-state index contributed by atoms with van der Waals surface area (Å²) in [5.74, 6) is -0.315. The number of aryl methyl sites for hydroxylation is 2. The van der Waals surface area contributed by atoms with Crippen molar-refractivity contribution in [2.75, 3.05) is 0 Å². The Kier molecular flexibility index (Phi) is 4.96. The molecule has 2 N–H and O–H groups in total. The van der Waals surface area contributed by atoms with E-state index in [1.165, 1.54) is 10.6 Å². The van der Waals surface area contributed by atoms with Crippen LogP contribution in [0.5, 0.6) is 0 Å². The molecule has 0 aliphatic heterocycles. The number of hydrogen-bond acceptors (Lipinski definition) is 5. The van der Waals surface area contributed by atoms with E-state index >= 15 is 0 Å². The number of amides is 1. The minimum atomic E-state index is -4.59. The SMILES string of the molecule is Cc1nc2cc(=O)[nH]n2c(C)c1CC(=O)NCc1nnc2c(Cl)cc(C(F)(F)F)cn12. The monoisotopic (exact) mass is 453 g/mol. The summed E-state index contributed by atoms with van der Waals surface area (Å²) in [7, 11) is 0. The molecule has 4 heterocycles. The topological polar surface area (TPSA) is 109 Å². The summed E-state index contributed by atoms with van der Waals surface area (Å²) < 4.78 is 41.8. The number of carbonyl (C=O) groups is 1. The van der Waals surface area contributed by atoms with Gasteiger partial charge in [-0.05, 0) is 19.9 Å². The molecule has 0 radical (unpaired) electrons. The molecule has 31 heavy (non-hydrogen) atoms. The Morgan fingerprint density at radius 3 is 2.71 bits per heavy atom. The number of aromatic amines is 1. The van der Waals surface area contributed by atoms with Gasteiger partial charge >= 0.3 is 6.18 Å². The predicted octanol–water partition coefficient (Wildman–Crippen LogP) is 2.21. The van der Waals surface area contributed by atoms with Gasteiger partial charge in [-0.25, -0.2) is 9.50 Å². The van der Waals surface area contributed by atoms with Crippen LogP contribution in [-0.4, -0.2) is 35.1 Å². The zero-order valence-electron chi connectivity index (χ0n) is 16.2. The maximum absolute atomic E-state index is 13.1. The van der Waals surface area contributed by atoms with Gasteiger partial charge in [0.05, 0.1) is 23.6 Å². The Morgan fingerprint density at radius 2 is 2.00 bits per heavy atom.